The Hall–Kier alpha value is -2.41. The molecule has 0 spiro atoms. The fourth-order valence-corrected chi connectivity index (χ4v) is 1.97. The lowest BCUT2D eigenvalue weighted by Crippen LogP contribution is -2.14. The molecule has 0 radical (unpaired) electrons. The van der Waals surface area contributed by atoms with E-state index in [0.717, 1.165) is 0 Å². The molecule has 0 fully saturated rings. The second kappa shape index (κ2) is 6.67. The summed E-state index contributed by atoms with van der Waals surface area (Å²) in [5, 5.41) is 6.95. The van der Waals surface area contributed by atoms with Gasteiger partial charge in [-0.15, -0.1) is 11.3 Å². The Bertz CT molecular complexity index is 581. The fourth-order valence-electron chi connectivity index (χ4n) is 1.44. The van der Waals surface area contributed by atoms with Gasteiger partial charge in [0.25, 0.3) is 5.91 Å². The van der Waals surface area contributed by atoms with Gasteiger partial charge in [0.15, 0.2) is 0 Å². The van der Waals surface area contributed by atoms with Crippen molar-refractivity contribution in [2.45, 2.75) is 6.92 Å². The molecule has 2 aromatic rings. The molecule has 0 saturated carbocycles. The number of nitrogens with zero attached hydrogens (tertiary/aromatic N) is 1. The van der Waals surface area contributed by atoms with Gasteiger partial charge in [-0.3, -0.25) is 10.1 Å². The van der Waals surface area contributed by atoms with Crippen molar-refractivity contribution in [1.82, 2.24) is 4.98 Å². The Labute approximate surface area is 119 Å². The molecule has 1 aromatic heterocycles. The number of benzene rings is 1. The fraction of sp³-hybridized carbons (Fsp3) is 0.154. The first-order valence-corrected chi connectivity index (χ1v) is 6.86. The summed E-state index contributed by atoms with van der Waals surface area (Å²) in [7, 11) is 0. The largest absolute Gasteiger partial charge is 0.450 e. The zero-order valence-electron chi connectivity index (χ0n) is 10.8. The van der Waals surface area contributed by atoms with Crippen LogP contribution in [0.3, 0.4) is 0 Å². The highest BCUT2D eigenvalue weighted by Gasteiger charge is 2.08. The molecule has 6 nitrogen and oxygen atoms in total. The Balaban J connectivity index is 1.95. The van der Waals surface area contributed by atoms with E-state index in [2.05, 4.69) is 15.6 Å². The molecule has 1 aromatic carbocycles. The monoisotopic (exact) mass is 291 g/mol. The summed E-state index contributed by atoms with van der Waals surface area (Å²) < 4.78 is 4.76. The molecule has 0 atom stereocenters. The number of amides is 2. The maximum Gasteiger partial charge on any atom is 0.411 e. The van der Waals surface area contributed by atoms with Crippen LogP contribution >= 0.6 is 11.3 Å². The van der Waals surface area contributed by atoms with Gasteiger partial charge in [-0.2, -0.15) is 0 Å². The van der Waals surface area contributed by atoms with Crippen molar-refractivity contribution in [2.24, 2.45) is 0 Å². The van der Waals surface area contributed by atoms with Gasteiger partial charge in [-0.25, -0.2) is 9.78 Å². The van der Waals surface area contributed by atoms with Crippen LogP contribution in [0, 0.1) is 0 Å². The summed E-state index contributed by atoms with van der Waals surface area (Å²) >= 11 is 1.36. The van der Waals surface area contributed by atoms with Gasteiger partial charge in [-0.1, -0.05) is 0 Å². The predicted octanol–water partition coefficient (Wildman–Crippen LogP) is 2.96. The molecule has 0 unspecified atom stereocenters. The molecule has 0 aliphatic carbocycles. The molecular weight excluding hydrogens is 278 g/mol. The number of hydrogen-bond donors (Lipinski definition) is 2. The van der Waals surface area contributed by atoms with Gasteiger partial charge >= 0.3 is 6.09 Å². The first kappa shape index (κ1) is 14.0. The molecule has 0 aliphatic rings. The van der Waals surface area contributed by atoms with Crippen molar-refractivity contribution in [2.75, 3.05) is 17.2 Å². The smallest absolute Gasteiger partial charge is 0.411 e. The molecule has 0 aliphatic heterocycles. The molecule has 2 N–H and O–H groups in total. The summed E-state index contributed by atoms with van der Waals surface area (Å²) in [6, 6.07) is 6.72. The molecule has 1 heterocycles. The van der Waals surface area contributed by atoms with Gasteiger partial charge in [0.2, 0.25) is 0 Å². The highest BCUT2D eigenvalue weighted by atomic mass is 32.1. The molecular formula is C13H13N3O3S. The SMILES string of the molecule is CCOC(=O)Nc1ccc(NC(=O)c2cscn2)cc1. The molecule has 7 heteroatoms. The number of carbonyl (C=O) groups excluding carboxylic acids is 2. The van der Waals surface area contributed by atoms with E-state index in [1.807, 2.05) is 0 Å². The van der Waals surface area contributed by atoms with Crippen LogP contribution in [0.15, 0.2) is 35.2 Å². The van der Waals surface area contributed by atoms with Crippen LogP contribution in [0.4, 0.5) is 16.2 Å². The average molecular weight is 291 g/mol. The predicted molar refractivity (Wildman–Crippen MR) is 77.2 cm³/mol. The summed E-state index contributed by atoms with van der Waals surface area (Å²) in [6.45, 7) is 2.05. The van der Waals surface area contributed by atoms with Gasteiger partial charge < -0.3 is 10.1 Å². The van der Waals surface area contributed by atoms with E-state index < -0.39 is 6.09 Å². The zero-order chi connectivity index (χ0) is 14.4. The van der Waals surface area contributed by atoms with Crippen LogP contribution in [0.2, 0.25) is 0 Å². The van der Waals surface area contributed by atoms with Crippen LogP contribution in [0.25, 0.3) is 0 Å². The molecule has 2 amide bonds. The maximum absolute atomic E-state index is 11.8. The summed E-state index contributed by atoms with van der Waals surface area (Å²) in [4.78, 5) is 26.9. The minimum atomic E-state index is -0.508. The molecule has 2 rings (SSSR count). The van der Waals surface area contributed by atoms with Crippen molar-refractivity contribution in [1.29, 1.82) is 0 Å². The topological polar surface area (TPSA) is 80.3 Å². The second-order valence-corrected chi connectivity index (χ2v) is 4.47. The number of ether oxygens (including phenoxy) is 1. The number of anilines is 2. The van der Waals surface area contributed by atoms with Crippen LogP contribution in [-0.2, 0) is 4.74 Å². The van der Waals surface area contributed by atoms with Gasteiger partial charge in [-0.05, 0) is 31.2 Å². The van der Waals surface area contributed by atoms with Crippen LogP contribution in [-0.4, -0.2) is 23.6 Å². The second-order valence-electron chi connectivity index (χ2n) is 3.75. The van der Waals surface area contributed by atoms with E-state index in [0.29, 0.717) is 23.7 Å². The number of rotatable bonds is 4. The number of thiazole rings is 1. The van der Waals surface area contributed by atoms with Crippen molar-refractivity contribution >= 4 is 34.7 Å². The maximum atomic E-state index is 11.8. The Morgan fingerprint density at radius 3 is 2.40 bits per heavy atom. The molecule has 20 heavy (non-hydrogen) atoms. The van der Waals surface area contributed by atoms with Crippen LogP contribution in [0.5, 0.6) is 0 Å². The van der Waals surface area contributed by atoms with Crippen molar-refractivity contribution in [3.63, 3.8) is 0 Å². The Morgan fingerprint density at radius 2 is 1.85 bits per heavy atom. The van der Waals surface area contributed by atoms with E-state index >= 15 is 0 Å². The van der Waals surface area contributed by atoms with Gasteiger partial charge in [0.1, 0.15) is 5.69 Å². The molecule has 0 bridgehead atoms. The quantitative estimate of drug-likeness (QED) is 0.907. The standard InChI is InChI=1S/C13H13N3O3S/c1-2-19-13(18)16-10-5-3-9(4-6-10)15-12(17)11-7-20-8-14-11/h3-8H,2H2,1H3,(H,15,17)(H,16,18). The lowest BCUT2D eigenvalue weighted by molar-refractivity contribution is 0.102. The third kappa shape index (κ3) is 3.79. The third-order valence-electron chi connectivity index (χ3n) is 2.33. The number of carbonyl (C=O) groups is 2. The lowest BCUT2D eigenvalue weighted by atomic mass is 10.2. The zero-order valence-corrected chi connectivity index (χ0v) is 11.6. The summed E-state index contributed by atoms with van der Waals surface area (Å²) in [5.41, 5.74) is 3.19. The normalized spacial score (nSPS) is 9.85. The minimum Gasteiger partial charge on any atom is -0.450 e. The summed E-state index contributed by atoms with van der Waals surface area (Å²) in [5.74, 6) is -0.266. The first-order valence-electron chi connectivity index (χ1n) is 5.92. The van der Waals surface area contributed by atoms with Gasteiger partial charge in [0, 0.05) is 16.8 Å². The van der Waals surface area contributed by atoms with E-state index in [1.54, 1.807) is 42.1 Å². The summed E-state index contributed by atoms with van der Waals surface area (Å²) in [6.07, 6.45) is -0.508. The highest BCUT2D eigenvalue weighted by molar-refractivity contribution is 7.07. The number of nitrogens with one attached hydrogen (secondary N) is 2. The van der Waals surface area contributed by atoms with E-state index in [4.69, 9.17) is 4.74 Å². The Morgan fingerprint density at radius 1 is 1.20 bits per heavy atom. The van der Waals surface area contributed by atoms with Crippen molar-refractivity contribution in [3.05, 3.63) is 40.8 Å². The van der Waals surface area contributed by atoms with E-state index in [1.165, 1.54) is 11.3 Å². The minimum absolute atomic E-state index is 0.266. The van der Waals surface area contributed by atoms with Crippen molar-refractivity contribution < 1.29 is 14.3 Å². The van der Waals surface area contributed by atoms with Gasteiger partial charge in [0.05, 0.1) is 12.1 Å². The number of aromatic nitrogens is 1. The van der Waals surface area contributed by atoms with Crippen molar-refractivity contribution in [3.8, 4) is 0 Å². The van der Waals surface area contributed by atoms with Crippen LogP contribution < -0.4 is 10.6 Å². The lowest BCUT2D eigenvalue weighted by Gasteiger charge is -2.07. The van der Waals surface area contributed by atoms with E-state index in [9.17, 15) is 9.59 Å². The van der Waals surface area contributed by atoms with Crippen LogP contribution in [0.1, 0.15) is 17.4 Å². The molecule has 0 saturated heterocycles. The highest BCUT2D eigenvalue weighted by Crippen LogP contribution is 2.15. The van der Waals surface area contributed by atoms with E-state index in [-0.39, 0.29) is 5.91 Å². The third-order valence-corrected chi connectivity index (χ3v) is 2.92. The molecule has 104 valence electrons. The first-order chi connectivity index (χ1) is 9.69. The Kier molecular flexibility index (Phi) is 4.67. The number of hydrogen-bond acceptors (Lipinski definition) is 5. The average Bonchev–Trinajstić information content (AvgIpc) is 2.95.